The van der Waals surface area contributed by atoms with E-state index in [0.29, 0.717) is 11.5 Å². The van der Waals surface area contributed by atoms with Crippen LogP contribution in [0.15, 0.2) is 0 Å². The van der Waals surface area contributed by atoms with Crippen LogP contribution < -0.4 is 5.73 Å². The van der Waals surface area contributed by atoms with E-state index in [-0.39, 0.29) is 0 Å². The van der Waals surface area contributed by atoms with Gasteiger partial charge in [-0.25, -0.2) is 0 Å². The zero-order valence-corrected chi connectivity index (χ0v) is 11.2. The monoisotopic (exact) mass is 223 g/mol. The van der Waals surface area contributed by atoms with Crippen LogP contribution in [-0.2, 0) is 0 Å². The van der Waals surface area contributed by atoms with Crippen molar-refractivity contribution in [1.29, 1.82) is 0 Å². The van der Waals surface area contributed by atoms with Gasteiger partial charge in [0.15, 0.2) is 0 Å². The number of nitrogens with two attached hydrogens (primary N) is 1. The highest BCUT2D eigenvalue weighted by atomic mass is 14.6. The molecule has 2 N–H and O–H groups in total. The molecule has 2 fully saturated rings. The highest BCUT2D eigenvalue weighted by Gasteiger charge is 2.37. The van der Waals surface area contributed by atoms with E-state index in [2.05, 4.69) is 13.8 Å². The van der Waals surface area contributed by atoms with Crippen LogP contribution >= 0.6 is 0 Å². The summed E-state index contributed by atoms with van der Waals surface area (Å²) in [6.45, 7) is 4.97. The normalized spacial score (nSPS) is 40.3. The molecule has 0 aromatic carbocycles. The van der Waals surface area contributed by atoms with Crippen molar-refractivity contribution in [1.82, 2.24) is 0 Å². The van der Waals surface area contributed by atoms with Crippen LogP contribution in [0, 0.1) is 17.3 Å². The van der Waals surface area contributed by atoms with E-state index in [0.717, 1.165) is 11.8 Å². The maximum atomic E-state index is 6.25. The summed E-state index contributed by atoms with van der Waals surface area (Å²) >= 11 is 0. The van der Waals surface area contributed by atoms with Crippen molar-refractivity contribution in [2.45, 2.75) is 77.7 Å². The summed E-state index contributed by atoms with van der Waals surface area (Å²) in [7, 11) is 0. The molecule has 3 unspecified atom stereocenters. The fourth-order valence-electron chi connectivity index (χ4n) is 4.02. The van der Waals surface area contributed by atoms with Crippen LogP contribution in [0.3, 0.4) is 0 Å². The topological polar surface area (TPSA) is 26.0 Å². The third-order valence-electron chi connectivity index (χ3n) is 5.29. The van der Waals surface area contributed by atoms with E-state index in [1.807, 2.05) is 0 Å². The maximum absolute atomic E-state index is 6.25. The number of rotatable bonds is 1. The Morgan fingerprint density at radius 3 is 2.38 bits per heavy atom. The summed E-state index contributed by atoms with van der Waals surface area (Å²) in [5.41, 5.74) is 6.87. The molecular formula is C15H29N. The predicted octanol–water partition coefficient (Wildman–Crippen LogP) is 4.11. The van der Waals surface area contributed by atoms with Gasteiger partial charge in [0.25, 0.3) is 0 Å². The van der Waals surface area contributed by atoms with E-state index in [4.69, 9.17) is 5.73 Å². The third-order valence-corrected chi connectivity index (χ3v) is 5.29. The lowest BCUT2D eigenvalue weighted by molar-refractivity contribution is 0.0944. The van der Waals surface area contributed by atoms with Crippen molar-refractivity contribution < 1.29 is 0 Å². The second-order valence-corrected chi connectivity index (χ2v) is 6.83. The third kappa shape index (κ3) is 2.80. The molecule has 2 rings (SSSR count). The lowest BCUT2D eigenvalue weighted by Gasteiger charge is -2.42. The van der Waals surface area contributed by atoms with E-state index >= 15 is 0 Å². The van der Waals surface area contributed by atoms with E-state index < -0.39 is 0 Å². The molecule has 0 saturated heterocycles. The molecule has 1 heteroatoms. The molecule has 0 aliphatic heterocycles. The average molecular weight is 223 g/mol. The first kappa shape index (κ1) is 12.4. The fourth-order valence-corrected chi connectivity index (χ4v) is 4.02. The molecule has 0 amide bonds. The maximum Gasteiger partial charge on any atom is 0.00417 e. The molecule has 16 heavy (non-hydrogen) atoms. The second kappa shape index (κ2) is 5.08. The van der Waals surface area contributed by atoms with Crippen LogP contribution in [0.4, 0.5) is 0 Å². The molecule has 0 aromatic heterocycles. The van der Waals surface area contributed by atoms with Gasteiger partial charge >= 0.3 is 0 Å². The Kier molecular flexibility index (Phi) is 3.94. The second-order valence-electron chi connectivity index (χ2n) is 6.83. The molecule has 0 bridgehead atoms. The molecule has 2 aliphatic carbocycles. The SMILES string of the molecule is CC1CCC(N)CC(C2(C)CCCCC2)C1. The smallest absolute Gasteiger partial charge is 0.00417 e. The summed E-state index contributed by atoms with van der Waals surface area (Å²) in [5, 5.41) is 0. The fraction of sp³-hybridized carbons (Fsp3) is 1.00. The zero-order chi connectivity index (χ0) is 11.6. The molecular weight excluding hydrogens is 194 g/mol. The van der Waals surface area contributed by atoms with Gasteiger partial charge < -0.3 is 5.73 Å². The van der Waals surface area contributed by atoms with E-state index in [1.165, 1.54) is 57.8 Å². The van der Waals surface area contributed by atoms with Crippen LogP contribution in [-0.4, -0.2) is 6.04 Å². The van der Waals surface area contributed by atoms with E-state index in [9.17, 15) is 0 Å². The van der Waals surface area contributed by atoms with Crippen LogP contribution in [0.2, 0.25) is 0 Å². The lowest BCUT2D eigenvalue weighted by Crippen LogP contribution is -2.34. The molecule has 2 saturated carbocycles. The van der Waals surface area contributed by atoms with Gasteiger partial charge in [-0.1, -0.05) is 33.1 Å². The molecule has 0 heterocycles. The largest absolute Gasteiger partial charge is 0.328 e. The standard InChI is InChI=1S/C15H29N/c1-12-6-7-14(16)11-13(10-12)15(2)8-4-3-5-9-15/h12-14H,3-11,16H2,1-2H3. The Balaban J connectivity index is 2.04. The van der Waals surface area contributed by atoms with Gasteiger partial charge in [0.2, 0.25) is 0 Å². The van der Waals surface area contributed by atoms with Crippen molar-refractivity contribution in [2.24, 2.45) is 23.0 Å². The predicted molar refractivity (Wildman–Crippen MR) is 70.3 cm³/mol. The van der Waals surface area contributed by atoms with Gasteiger partial charge in [-0.2, -0.15) is 0 Å². The minimum atomic E-state index is 0.480. The highest BCUT2D eigenvalue weighted by Crippen LogP contribution is 2.47. The average Bonchev–Trinajstić information content (AvgIpc) is 2.42. The number of hydrogen-bond acceptors (Lipinski definition) is 1. The number of hydrogen-bond donors (Lipinski definition) is 1. The first-order chi connectivity index (χ1) is 7.60. The molecule has 0 aromatic rings. The molecule has 0 radical (unpaired) electrons. The lowest BCUT2D eigenvalue weighted by atomic mass is 9.64. The molecule has 0 spiro atoms. The van der Waals surface area contributed by atoms with Crippen LogP contribution in [0.1, 0.15) is 71.6 Å². The summed E-state index contributed by atoms with van der Waals surface area (Å²) in [4.78, 5) is 0. The van der Waals surface area contributed by atoms with Gasteiger partial charge in [-0.15, -0.1) is 0 Å². The Morgan fingerprint density at radius 1 is 1.00 bits per heavy atom. The van der Waals surface area contributed by atoms with Gasteiger partial charge in [0.05, 0.1) is 0 Å². The summed E-state index contributed by atoms with van der Waals surface area (Å²) in [5.74, 6) is 1.80. The van der Waals surface area contributed by atoms with Crippen molar-refractivity contribution in [3.63, 3.8) is 0 Å². The molecule has 3 atom stereocenters. The zero-order valence-electron chi connectivity index (χ0n) is 11.2. The summed E-state index contributed by atoms with van der Waals surface area (Å²) in [6, 6.07) is 0.480. The minimum absolute atomic E-state index is 0.480. The van der Waals surface area contributed by atoms with Gasteiger partial charge in [0.1, 0.15) is 0 Å². The van der Waals surface area contributed by atoms with Crippen molar-refractivity contribution in [3.05, 3.63) is 0 Å². The van der Waals surface area contributed by atoms with Gasteiger partial charge in [-0.05, 0) is 55.8 Å². The molecule has 94 valence electrons. The summed E-state index contributed by atoms with van der Waals surface area (Å²) in [6.07, 6.45) is 12.6. The van der Waals surface area contributed by atoms with Crippen molar-refractivity contribution >= 4 is 0 Å². The quantitative estimate of drug-likeness (QED) is 0.665. The first-order valence-corrected chi connectivity index (χ1v) is 7.36. The molecule has 2 aliphatic rings. The van der Waals surface area contributed by atoms with Gasteiger partial charge in [-0.3, -0.25) is 0 Å². The Bertz CT molecular complexity index is 205. The Labute approximate surface area is 101 Å². The minimum Gasteiger partial charge on any atom is -0.328 e. The highest BCUT2D eigenvalue weighted by molar-refractivity contribution is 4.89. The van der Waals surface area contributed by atoms with Gasteiger partial charge in [0, 0.05) is 6.04 Å². The Morgan fingerprint density at radius 2 is 1.69 bits per heavy atom. The molecule has 1 nitrogen and oxygen atoms in total. The van der Waals surface area contributed by atoms with Crippen LogP contribution in [0.5, 0.6) is 0 Å². The van der Waals surface area contributed by atoms with E-state index in [1.54, 1.807) is 0 Å². The van der Waals surface area contributed by atoms with Crippen molar-refractivity contribution in [3.8, 4) is 0 Å². The first-order valence-electron chi connectivity index (χ1n) is 7.36. The summed E-state index contributed by atoms with van der Waals surface area (Å²) < 4.78 is 0. The Hall–Kier alpha value is -0.0400. The van der Waals surface area contributed by atoms with Crippen LogP contribution in [0.25, 0.3) is 0 Å². The van der Waals surface area contributed by atoms with Crippen molar-refractivity contribution in [2.75, 3.05) is 0 Å².